The Morgan fingerprint density at radius 2 is 1.97 bits per heavy atom. The molecule has 3 N–H and O–H groups in total. The molecule has 10 nitrogen and oxygen atoms in total. The number of amides is 2. The van der Waals surface area contributed by atoms with Gasteiger partial charge in [0.2, 0.25) is 5.43 Å². The maximum Gasteiger partial charge on any atom is 0.573 e. The molecule has 0 saturated carbocycles. The number of aromatic hydroxyl groups is 1. The Bertz CT molecular complexity index is 1120. The molecule has 1 atom stereocenters. The smallest absolute Gasteiger partial charge is 0.503 e. The number of methoxy groups -OCH3 is 1. The standard InChI is InChI=1S/C20H20F3N3O7/c1-32-7-6-26-14(27)10-25-9-12(16(28)17(29)15(25)19(26)31)18(30)24-8-11-4-2-3-5-13(11)33-20(21,22)23/h2-5,9,14,27,29H,6-8,10H2,1H3,(H,24,30). The molecule has 13 heteroatoms. The quantitative estimate of drug-likeness (QED) is 0.545. The van der Waals surface area contributed by atoms with Gasteiger partial charge in [0.15, 0.2) is 11.4 Å². The van der Waals surface area contributed by atoms with E-state index in [1.54, 1.807) is 0 Å². The number of nitrogens with one attached hydrogen (secondary N) is 1. The molecule has 1 aromatic carbocycles. The van der Waals surface area contributed by atoms with Crippen molar-refractivity contribution in [2.75, 3.05) is 20.3 Å². The largest absolute Gasteiger partial charge is 0.573 e. The van der Waals surface area contributed by atoms with E-state index in [1.807, 2.05) is 0 Å². The lowest BCUT2D eigenvalue weighted by atomic mass is 10.1. The Morgan fingerprint density at radius 1 is 1.27 bits per heavy atom. The van der Waals surface area contributed by atoms with Crippen molar-refractivity contribution >= 4 is 11.8 Å². The molecule has 3 rings (SSSR count). The van der Waals surface area contributed by atoms with Crippen LogP contribution in [0.1, 0.15) is 26.4 Å². The lowest BCUT2D eigenvalue weighted by Gasteiger charge is -2.34. The molecule has 2 aromatic rings. The summed E-state index contributed by atoms with van der Waals surface area (Å²) in [5, 5.41) is 22.8. The number of alkyl halides is 3. The lowest BCUT2D eigenvalue weighted by molar-refractivity contribution is -0.274. The number of aromatic nitrogens is 1. The third-order valence-corrected chi connectivity index (χ3v) is 4.86. The molecule has 1 aliphatic rings. The van der Waals surface area contributed by atoms with E-state index in [2.05, 4.69) is 10.1 Å². The number of fused-ring (bicyclic) bond motifs is 1. The number of halogens is 3. The molecule has 1 aromatic heterocycles. The van der Waals surface area contributed by atoms with E-state index in [1.165, 1.54) is 25.3 Å². The first-order chi connectivity index (χ1) is 15.5. The number of para-hydroxylation sites is 1. The minimum absolute atomic E-state index is 0.00573. The second-order valence-electron chi connectivity index (χ2n) is 7.03. The molecular formula is C20H20F3N3O7. The van der Waals surface area contributed by atoms with E-state index < -0.39 is 59.1 Å². The summed E-state index contributed by atoms with van der Waals surface area (Å²) in [6.07, 6.45) is -5.24. The van der Waals surface area contributed by atoms with Crippen molar-refractivity contribution in [3.63, 3.8) is 0 Å². The molecule has 0 saturated heterocycles. The number of benzene rings is 1. The molecule has 0 bridgehead atoms. The first kappa shape index (κ1) is 24.1. The van der Waals surface area contributed by atoms with Crippen molar-refractivity contribution in [3.8, 4) is 11.5 Å². The van der Waals surface area contributed by atoms with Crippen molar-refractivity contribution in [1.29, 1.82) is 0 Å². The fraction of sp³-hybridized carbons (Fsp3) is 0.350. The molecule has 2 heterocycles. The third kappa shape index (κ3) is 5.26. The number of nitrogens with zero attached hydrogens (tertiary/aromatic N) is 2. The summed E-state index contributed by atoms with van der Waals surface area (Å²) in [4.78, 5) is 38.8. The number of aliphatic hydroxyl groups is 1. The molecule has 178 valence electrons. The van der Waals surface area contributed by atoms with Crippen LogP contribution in [-0.4, -0.2) is 64.3 Å². The average molecular weight is 471 g/mol. The summed E-state index contributed by atoms with van der Waals surface area (Å²) in [5.41, 5.74) is -2.11. The van der Waals surface area contributed by atoms with Gasteiger partial charge in [0, 0.05) is 32.0 Å². The summed E-state index contributed by atoms with van der Waals surface area (Å²) >= 11 is 0. The summed E-state index contributed by atoms with van der Waals surface area (Å²) < 4.78 is 47.5. The second-order valence-corrected chi connectivity index (χ2v) is 7.03. The van der Waals surface area contributed by atoms with Gasteiger partial charge in [-0.05, 0) is 6.07 Å². The van der Waals surface area contributed by atoms with Gasteiger partial charge >= 0.3 is 6.36 Å². The van der Waals surface area contributed by atoms with Gasteiger partial charge in [-0.2, -0.15) is 0 Å². The zero-order valence-corrected chi connectivity index (χ0v) is 17.3. The predicted octanol–water partition coefficient (Wildman–Crippen LogP) is 0.803. The van der Waals surface area contributed by atoms with Gasteiger partial charge in [-0.25, -0.2) is 0 Å². The van der Waals surface area contributed by atoms with Crippen LogP contribution in [0.3, 0.4) is 0 Å². The van der Waals surface area contributed by atoms with E-state index in [4.69, 9.17) is 4.74 Å². The van der Waals surface area contributed by atoms with Crippen LogP contribution in [0.5, 0.6) is 11.5 Å². The maximum absolute atomic E-state index is 12.6. The molecular weight excluding hydrogens is 451 g/mol. The van der Waals surface area contributed by atoms with Crippen molar-refractivity contribution in [3.05, 3.63) is 57.5 Å². The van der Waals surface area contributed by atoms with Crippen LogP contribution in [0.2, 0.25) is 0 Å². The van der Waals surface area contributed by atoms with E-state index >= 15 is 0 Å². The number of aliphatic hydroxyl groups excluding tert-OH is 1. The molecule has 33 heavy (non-hydrogen) atoms. The number of pyridine rings is 1. The first-order valence-corrected chi connectivity index (χ1v) is 9.59. The van der Waals surface area contributed by atoms with Crippen LogP contribution in [-0.2, 0) is 17.8 Å². The Hall–Kier alpha value is -3.58. The minimum atomic E-state index is -4.94. The van der Waals surface area contributed by atoms with Crippen LogP contribution in [0.4, 0.5) is 13.2 Å². The monoisotopic (exact) mass is 471 g/mol. The van der Waals surface area contributed by atoms with Crippen LogP contribution >= 0.6 is 0 Å². The Labute approximate surface area is 184 Å². The topological polar surface area (TPSA) is 130 Å². The highest BCUT2D eigenvalue weighted by Crippen LogP contribution is 2.26. The van der Waals surface area contributed by atoms with Crippen molar-refractivity contribution in [2.45, 2.75) is 25.7 Å². The number of carbonyl (C=O) groups is 2. The third-order valence-electron chi connectivity index (χ3n) is 4.86. The zero-order chi connectivity index (χ0) is 24.3. The zero-order valence-electron chi connectivity index (χ0n) is 17.3. The number of hydrogen-bond donors (Lipinski definition) is 3. The highest BCUT2D eigenvalue weighted by Gasteiger charge is 2.35. The number of hydrogen-bond acceptors (Lipinski definition) is 7. The maximum atomic E-state index is 12.6. The van der Waals surface area contributed by atoms with Crippen LogP contribution in [0.25, 0.3) is 0 Å². The van der Waals surface area contributed by atoms with E-state index in [0.29, 0.717) is 0 Å². The fourth-order valence-electron chi connectivity index (χ4n) is 3.31. The molecule has 1 aliphatic heterocycles. The van der Waals surface area contributed by atoms with Crippen LogP contribution < -0.4 is 15.5 Å². The minimum Gasteiger partial charge on any atom is -0.503 e. The number of rotatable bonds is 7. The number of carbonyl (C=O) groups excluding carboxylic acids is 2. The summed E-state index contributed by atoms with van der Waals surface area (Å²) in [7, 11) is 1.40. The van der Waals surface area contributed by atoms with Gasteiger partial charge in [0.1, 0.15) is 17.5 Å². The van der Waals surface area contributed by atoms with E-state index in [-0.39, 0.29) is 25.3 Å². The van der Waals surface area contributed by atoms with Gasteiger partial charge in [-0.3, -0.25) is 14.4 Å². The van der Waals surface area contributed by atoms with Crippen molar-refractivity contribution in [1.82, 2.24) is 14.8 Å². The highest BCUT2D eigenvalue weighted by molar-refractivity contribution is 5.99. The predicted molar refractivity (Wildman–Crippen MR) is 106 cm³/mol. The van der Waals surface area contributed by atoms with Gasteiger partial charge in [0.05, 0.1) is 13.2 Å². The molecule has 1 unspecified atom stereocenters. The average Bonchev–Trinajstić information content (AvgIpc) is 2.74. The van der Waals surface area contributed by atoms with Crippen LogP contribution in [0, 0.1) is 0 Å². The first-order valence-electron chi connectivity index (χ1n) is 9.59. The molecule has 0 fully saturated rings. The van der Waals surface area contributed by atoms with Crippen LogP contribution in [0.15, 0.2) is 35.3 Å². The van der Waals surface area contributed by atoms with Gasteiger partial charge in [-0.1, -0.05) is 18.2 Å². The van der Waals surface area contributed by atoms with E-state index in [0.717, 1.165) is 21.7 Å². The number of ether oxygens (including phenoxy) is 2. The Kier molecular flexibility index (Phi) is 6.93. The Balaban J connectivity index is 1.84. The lowest BCUT2D eigenvalue weighted by Crippen LogP contribution is -2.50. The molecule has 2 amide bonds. The SMILES string of the molecule is COCCN1C(=O)c2c(O)c(=O)c(C(=O)NCc3ccccc3OC(F)(F)F)cn2CC1O. The molecule has 0 spiro atoms. The fourth-order valence-corrected chi connectivity index (χ4v) is 3.31. The Morgan fingerprint density at radius 3 is 2.64 bits per heavy atom. The van der Waals surface area contributed by atoms with Crippen molar-refractivity contribution in [2.24, 2.45) is 0 Å². The summed E-state index contributed by atoms with van der Waals surface area (Å²) in [6, 6.07) is 5.12. The molecule has 0 radical (unpaired) electrons. The van der Waals surface area contributed by atoms with Gasteiger partial charge in [-0.15, -0.1) is 13.2 Å². The summed E-state index contributed by atoms with van der Waals surface area (Å²) in [5.74, 6) is -3.34. The van der Waals surface area contributed by atoms with Crippen molar-refractivity contribution < 1.29 is 42.4 Å². The normalized spacial score (nSPS) is 15.8. The molecule has 0 aliphatic carbocycles. The van der Waals surface area contributed by atoms with Gasteiger partial charge in [0.25, 0.3) is 11.8 Å². The second kappa shape index (κ2) is 9.50. The van der Waals surface area contributed by atoms with E-state index in [9.17, 15) is 37.8 Å². The van der Waals surface area contributed by atoms with Gasteiger partial charge < -0.3 is 34.5 Å². The summed E-state index contributed by atoms with van der Waals surface area (Å²) in [6.45, 7) is -0.542. The highest BCUT2D eigenvalue weighted by atomic mass is 19.4.